The third kappa shape index (κ3) is 3.13. The molecule has 0 spiro atoms. The zero-order chi connectivity index (χ0) is 14.0. The number of rotatable bonds is 5. The van der Waals surface area contributed by atoms with Crippen LogP contribution in [-0.4, -0.2) is 29.6 Å². The molecular formula is C16H30N2O. The first-order valence-corrected chi connectivity index (χ1v) is 8.03. The quantitative estimate of drug-likeness (QED) is 0.829. The molecule has 110 valence electrons. The molecule has 0 radical (unpaired) electrons. The van der Waals surface area contributed by atoms with E-state index >= 15 is 0 Å². The first-order valence-electron chi connectivity index (χ1n) is 8.03. The van der Waals surface area contributed by atoms with Crippen LogP contribution in [0.15, 0.2) is 0 Å². The topological polar surface area (TPSA) is 32.3 Å². The van der Waals surface area contributed by atoms with Gasteiger partial charge in [0.1, 0.15) is 0 Å². The molecule has 0 aromatic heterocycles. The minimum Gasteiger partial charge on any atom is -0.325 e. The Kier molecular flexibility index (Phi) is 4.54. The van der Waals surface area contributed by atoms with Crippen LogP contribution in [0.4, 0.5) is 0 Å². The van der Waals surface area contributed by atoms with Gasteiger partial charge < -0.3 is 4.90 Å². The molecule has 2 aliphatic rings. The average molecular weight is 266 g/mol. The van der Waals surface area contributed by atoms with Gasteiger partial charge in [-0.25, -0.2) is 0 Å². The Labute approximate surface area is 118 Å². The van der Waals surface area contributed by atoms with Crippen molar-refractivity contribution < 1.29 is 4.79 Å². The van der Waals surface area contributed by atoms with E-state index in [2.05, 4.69) is 37.9 Å². The number of nitrogens with one attached hydrogen (secondary N) is 1. The van der Waals surface area contributed by atoms with Gasteiger partial charge in [0.05, 0.1) is 12.2 Å². The number of carbonyl (C=O) groups excluding carboxylic acids is 1. The number of amides is 1. The fourth-order valence-electron chi connectivity index (χ4n) is 3.68. The summed E-state index contributed by atoms with van der Waals surface area (Å²) in [6.07, 6.45) is 7.69. The lowest BCUT2D eigenvalue weighted by molar-refractivity contribution is -0.132. The van der Waals surface area contributed by atoms with Gasteiger partial charge in [0.15, 0.2) is 0 Å². The van der Waals surface area contributed by atoms with Crippen LogP contribution in [0.2, 0.25) is 0 Å². The van der Waals surface area contributed by atoms with Gasteiger partial charge in [0.2, 0.25) is 5.91 Å². The number of hydrogen-bond acceptors (Lipinski definition) is 2. The van der Waals surface area contributed by atoms with Crippen LogP contribution < -0.4 is 5.32 Å². The van der Waals surface area contributed by atoms with Crippen molar-refractivity contribution in [1.29, 1.82) is 0 Å². The Morgan fingerprint density at radius 2 is 2.00 bits per heavy atom. The van der Waals surface area contributed by atoms with Crippen LogP contribution in [0.1, 0.15) is 66.2 Å². The summed E-state index contributed by atoms with van der Waals surface area (Å²) < 4.78 is 0. The summed E-state index contributed by atoms with van der Waals surface area (Å²) in [4.78, 5) is 14.8. The van der Waals surface area contributed by atoms with Gasteiger partial charge in [-0.05, 0) is 30.6 Å². The molecule has 1 saturated heterocycles. The first kappa shape index (κ1) is 14.8. The summed E-state index contributed by atoms with van der Waals surface area (Å²) >= 11 is 0. The van der Waals surface area contributed by atoms with E-state index in [-0.39, 0.29) is 12.2 Å². The summed E-state index contributed by atoms with van der Waals surface area (Å²) in [5.74, 6) is 0.717. The smallest absolute Gasteiger partial charge is 0.241 e. The second-order valence-corrected chi connectivity index (χ2v) is 7.18. The predicted molar refractivity (Wildman–Crippen MR) is 78.7 cm³/mol. The molecular weight excluding hydrogens is 236 g/mol. The Balaban J connectivity index is 2.08. The molecule has 0 aromatic carbocycles. The van der Waals surface area contributed by atoms with Crippen molar-refractivity contribution in [1.82, 2.24) is 10.2 Å². The molecule has 0 bridgehead atoms. The van der Waals surface area contributed by atoms with E-state index < -0.39 is 0 Å². The van der Waals surface area contributed by atoms with Gasteiger partial charge in [0.25, 0.3) is 0 Å². The van der Waals surface area contributed by atoms with Gasteiger partial charge in [0, 0.05) is 6.54 Å². The molecule has 19 heavy (non-hydrogen) atoms. The van der Waals surface area contributed by atoms with E-state index in [4.69, 9.17) is 0 Å². The summed E-state index contributed by atoms with van der Waals surface area (Å²) in [6.45, 7) is 9.79. The third-order valence-electron chi connectivity index (χ3n) is 4.89. The Hall–Kier alpha value is -0.570. The van der Waals surface area contributed by atoms with Crippen molar-refractivity contribution in [2.75, 3.05) is 6.54 Å². The van der Waals surface area contributed by atoms with Crippen molar-refractivity contribution in [2.24, 2.45) is 11.3 Å². The summed E-state index contributed by atoms with van der Waals surface area (Å²) in [6, 6.07) is 0.0292. The number of nitrogens with zero attached hydrogens (tertiary/aromatic N) is 1. The zero-order valence-corrected chi connectivity index (χ0v) is 13.0. The highest BCUT2D eigenvalue weighted by atomic mass is 16.2. The second kappa shape index (κ2) is 5.82. The molecule has 1 N–H and O–H groups in total. The van der Waals surface area contributed by atoms with Gasteiger partial charge in [-0.1, -0.05) is 47.0 Å². The highest BCUT2D eigenvalue weighted by Gasteiger charge is 2.43. The maximum absolute atomic E-state index is 12.6. The van der Waals surface area contributed by atoms with E-state index in [1.54, 1.807) is 0 Å². The van der Waals surface area contributed by atoms with Crippen LogP contribution in [-0.2, 0) is 4.79 Å². The van der Waals surface area contributed by atoms with Gasteiger partial charge in [-0.15, -0.1) is 0 Å². The second-order valence-electron chi connectivity index (χ2n) is 7.18. The van der Waals surface area contributed by atoms with Crippen molar-refractivity contribution in [3.63, 3.8) is 0 Å². The van der Waals surface area contributed by atoms with E-state index in [1.807, 2.05) is 0 Å². The summed E-state index contributed by atoms with van der Waals surface area (Å²) in [7, 11) is 0. The standard InChI is InChI=1S/C16H30N2O/c1-5-8-13-17-14(12(2)3)15(19)18(13)11-16(4)9-6-7-10-16/h12-14,17H,5-11H2,1-4H3. The molecule has 2 rings (SSSR count). The maximum Gasteiger partial charge on any atom is 0.241 e. The molecule has 1 aliphatic carbocycles. The highest BCUT2D eigenvalue weighted by Crippen LogP contribution is 2.39. The summed E-state index contributed by atoms with van der Waals surface area (Å²) in [5, 5.41) is 3.56. The Bertz CT molecular complexity index is 321. The lowest BCUT2D eigenvalue weighted by Crippen LogP contribution is -2.43. The van der Waals surface area contributed by atoms with Crippen LogP contribution >= 0.6 is 0 Å². The third-order valence-corrected chi connectivity index (χ3v) is 4.89. The molecule has 1 heterocycles. The predicted octanol–water partition coefficient (Wildman–Crippen LogP) is 3.15. The largest absolute Gasteiger partial charge is 0.325 e. The first-order chi connectivity index (χ1) is 8.97. The Morgan fingerprint density at radius 1 is 1.37 bits per heavy atom. The van der Waals surface area contributed by atoms with E-state index in [0.29, 0.717) is 17.2 Å². The molecule has 1 aliphatic heterocycles. The van der Waals surface area contributed by atoms with Crippen LogP contribution in [0.25, 0.3) is 0 Å². The molecule has 0 aromatic rings. The van der Waals surface area contributed by atoms with Gasteiger partial charge in [-0.3, -0.25) is 10.1 Å². The fraction of sp³-hybridized carbons (Fsp3) is 0.938. The number of carbonyl (C=O) groups is 1. The SMILES string of the molecule is CCCC1NC(C(C)C)C(=O)N1CC1(C)CCCC1. The monoisotopic (exact) mass is 266 g/mol. The normalized spacial score (nSPS) is 30.6. The average Bonchev–Trinajstić information content (AvgIpc) is 2.89. The van der Waals surface area contributed by atoms with Crippen LogP contribution in [0.3, 0.4) is 0 Å². The molecule has 3 heteroatoms. The maximum atomic E-state index is 12.6. The summed E-state index contributed by atoms with van der Waals surface area (Å²) in [5.41, 5.74) is 0.356. The molecule has 2 unspecified atom stereocenters. The van der Waals surface area contributed by atoms with Crippen molar-refractivity contribution >= 4 is 5.91 Å². The van der Waals surface area contributed by atoms with Gasteiger partial charge in [-0.2, -0.15) is 0 Å². The van der Waals surface area contributed by atoms with Crippen molar-refractivity contribution in [2.45, 2.75) is 78.4 Å². The van der Waals surface area contributed by atoms with Crippen LogP contribution in [0.5, 0.6) is 0 Å². The van der Waals surface area contributed by atoms with E-state index in [9.17, 15) is 4.79 Å². The van der Waals surface area contributed by atoms with E-state index in [0.717, 1.165) is 19.4 Å². The molecule has 3 nitrogen and oxygen atoms in total. The lowest BCUT2D eigenvalue weighted by atomic mass is 9.88. The van der Waals surface area contributed by atoms with Gasteiger partial charge >= 0.3 is 0 Å². The fourth-order valence-corrected chi connectivity index (χ4v) is 3.68. The Morgan fingerprint density at radius 3 is 2.53 bits per heavy atom. The molecule has 2 atom stereocenters. The van der Waals surface area contributed by atoms with Crippen molar-refractivity contribution in [3.05, 3.63) is 0 Å². The van der Waals surface area contributed by atoms with Crippen molar-refractivity contribution in [3.8, 4) is 0 Å². The minimum atomic E-state index is 0.0292. The molecule has 2 fully saturated rings. The highest BCUT2D eigenvalue weighted by molar-refractivity contribution is 5.84. The molecule has 1 saturated carbocycles. The van der Waals surface area contributed by atoms with Crippen LogP contribution in [0, 0.1) is 11.3 Å². The van der Waals surface area contributed by atoms with E-state index in [1.165, 1.54) is 25.7 Å². The minimum absolute atomic E-state index is 0.0292. The zero-order valence-electron chi connectivity index (χ0n) is 13.0. The lowest BCUT2D eigenvalue weighted by Gasteiger charge is -2.33. The number of hydrogen-bond donors (Lipinski definition) is 1. The molecule has 1 amide bonds.